The Labute approximate surface area is 339 Å². The zero-order chi connectivity index (χ0) is 40.7. The van der Waals surface area contributed by atoms with Crippen LogP contribution in [0.2, 0.25) is 0 Å². The molecule has 0 aromatic carbocycles. The predicted octanol–water partition coefficient (Wildman–Crippen LogP) is 11.8. The van der Waals surface area contributed by atoms with Crippen LogP contribution in [0.3, 0.4) is 0 Å². The predicted molar refractivity (Wildman–Crippen MR) is 233 cm³/mol. The zero-order valence-electron chi connectivity index (χ0n) is 36.4. The normalized spacial score (nSPS) is 14.8. The molecular weight excluding hydrogens is 707 g/mol. The van der Waals surface area contributed by atoms with Crippen LogP contribution in [-0.2, 0) is 18.4 Å². The van der Waals surface area contributed by atoms with E-state index >= 15 is 0 Å². The number of hydrogen-bond acceptors (Lipinski definition) is 6. The number of unbranched alkanes of at least 4 members (excludes halogenated alkanes) is 21. The van der Waals surface area contributed by atoms with Gasteiger partial charge in [0.2, 0.25) is 5.91 Å². The van der Waals surface area contributed by atoms with Crippen molar-refractivity contribution in [3.63, 3.8) is 0 Å². The highest BCUT2D eigenvalue weighted by Crippen LogP contribution is 2.38. The number of carbonyl (C=O) groups excluding carboxylic acids is 1. The molecule has 0 heterocycles. The molecule has 0 aromatic heterocycles. The van der Waals surface area contributed by atoms with E-state index in [1.54, 1.807) is 6.08 Å². The first-order valence-electron chi connectivity index (χ1n) is 22.5. The molecule has 1 amide bonds. The molecule has 0 spiro atoms. The van der Waals surface area contributed by atoms with Crippen LogP contribution in [0.5, 0.6) is 0 Å². The van der Waals surface area contributed by atoms with Crippen molar-refractivity contribution < 1.29 is 32.9 Å². The van der Waals surface area contributed by atoms with Gasteiger partial charge < -0.3 is 28.8 Å². The molecule has 322 valence electrons. The summed E-state index contributed by atoms with van der Waals surface area (Å²) in [4.78, 5) is 25.2. The molecular formula is C46H87N2O6P. The van der Waals surface area contributed by atoms with Gasteiger partial charge in [0.1, 0.15) is 13.2 Å². The van der Waals surface area contributed by atoms with Crippen LogP contribution in [0, 0.1) is 0 Å². The highest BCUT2D eigenvalue weighted by atomic mass is 31.2. The van der Waals surface area contributed by atoms with Gasteiger partial charge >= 0.3 is 0 Å². The van der Waals surface area contributed by atoms with Gasteiger partial charge in [-0.3, -0.25) is 9.36 Å². The summed E-state index contributed by atoms with van der Waals surface area (Å²) in [5, 5.41) is 13.7. The number of phosphoric acid groups is 1. The molecule has 0 aliphatic heterocycles. The third-order valence-electron chi connectivity index (χ3n) is 9.74. The fraction of sp³-hybridized carbons (Fsp3) is 0.804. The van der Waals surface area contributed by atoms with Gasteiger partial charge in [0.15, 0.2) is 0 Å². The van der Waals surface area contributed by atoms with Crippen LogP contribution in [0.1, 0.15) is 187 Å². The van der Waals surface area contributed by atoms with Gasteiger partial charge in [-0.2, -0.15) is 0 Å². The van der Waals surface area contributed by atoms with E-state index < -0.39 is 26.6 Å². The van der Waals surface area contributed by atoms with E-state index in [0.29, 0.717) is 17.4 Å². The van der Waals surface area contributed by atoms with Crippen LogP contribution in [0.15, 0.2) is 48.6 Å². The maximum Gasteiger partial charge on any atom is 0.268 e. The molecule has 0 saturated carbocycles. The Hall–Kier alpha value is -1.54. The Bertz CT molecular complexity index is 1040. The molecule has 3 unspecified atom stereocenters. The second-order valence-corrected chi connectivity index (χ2v) is 17.8. The van der Waals surface area contributed by atoms with Gasteiger partial charge in [-0.05, 0) is 70.6 Å². The number of allylic oxidation sites excluding steroid dienone is 7. The van der Waals surface area contributed by atoms with Crippen molar-refractivity contribution in [2.24, 2.45) is 0 Å². The lowest BCUT2D eigenvalue weighted by molar-refractivity contribution is -0.870. The van der Waals surface area contributed by atoms with Gasteiger partial charge in [0.25, 0.3) is 7.82 Å². The van der Waals surface area contributed by atoms with Gasteiger partial charge in [-0.1, -0.05) is 159 Å². The number of likely N-dealkylation sites (N-methyl/N-ethyl adjacent to an activating group) is 1. The van der Waals surface area contributed by atoms with E-state index in [4.69, 9.17) is 9.05 Å². The maximum atomic E-state index is 12.8. The molecule has 8 nitrogen and oxygen atoms in total. The third kappa shape index (κ3) is 40.5. The van der Waals surface area contributed by atoms with E-state index in [1.807, 2.05) is 27.2 Å². The molecule has 9 heteroatoms. The van der Waals surface area contributed by atoms with Gasteiger partial charge in [0, 0.05) is 6.42 Å². The molecule has 0 aromatic rings. The van der Waals surface area contributed by atoms with Crippen molar-refractivity contribution in [3.8, 4) is 0 Å². The molecule has 0 fully saturated rings. The number of nitrogens with zero attached hydrogens (tertiary/aromatic N) is 1. The Balaban J connectivity index is 4.48. The smallest absolute Gasteiger partial charge is 0.268 e. The van der Waals surface area contributed by atoms with Crippen LogP contribution in [0.4, 0.5) is 0 Å². The van der Waals surface area contributed by atoms with Crippen molar-refractivity contribution in [2.75, 3.05) is 40.9 Å². The summed E-state index contributed by atoms with van der Waals surface area (Å²) in [6.07, 6.45) is 47.4. The monoisotopic (exact) mass is 795 g/mol. The largest absolute Gasteiger partial charge is 0.756 e. The van der Waals surface area contributed by atoms with Crippen molar-refractivity contribution in [1.29, 1.82) is 0 Å². The average molecular weight is 795 g/mol. The first-order chi connectivity index (χ1) is 26.5. The molecule has 55 heavy (non-hydrogen) atoms. The number of quaternary nitrogens is 1. The first-order valence-corrected chi connectivity index (χ1v) is 24.0. The molecule has 0 aliphatic carbocycles. The van der Waals surface area contributed by atoms with Crippen molar-refractivity contribution in [2.45, 2.75) is 199 Å². The van der Waals surface area contributed by atoms with Crippen molar-refractivity contribution >= 4 is 13.7 Å². The number of amides is 1. The van der Waals surface area contributed by atoms with Crippen LogP contribution in [-0.4, -0.2) is 68.5 Å². The van der Waals surface area contributed by atoms with E-state index in [9.17, 15) is 19.4 Å². The fourth-order valence-electron chi connectivity index (χ4n) is 6.12. The topological polar surface area (TPSA) is 108 Å². The van der Waals surface area contributed by atoms with Crippen molar-refractivity contribution in [1.82, 2.24) is 5.32 Å². The number of rotatable bonds is 40. The molecule has 0 saturated heterocycles. The SMILES string of the molecule is CCCCC/C=C\CCCCCCCC(=O)NC(COP(=O)([O-])OCC[N+](C)(C)C)C(O)/C=C/CC/C=C/CC/C=C/CCCCCCCCCCCCC. The minimum atomic E-state index is -4.60. The second kappa shape index (κ2) is 38.0. The number of aliphatic hydroxyl groups is 1. The van der Waals surface area contributed by atoms with Gasteiger partial charge in [-0.15, -0.1) is 0 Å². The molecule has 0 aliphatic rings. The Morgan fingerprint density at radius 2 is 1.02 bits per heavy atom. The Morgan fingerprint density at radius 3 is 1.51 bits per heavy atom. The Kier molecular flexibility index (Phi) is 36.9. The van der Waals surface area contributed by atoms with E-state index in [0.717, 1.165) is 64.2 Å². The van der Waals surface area contributed by atoms with Crippen LogP contribution < -0.4 is 10.2 Å². The highest BCUT2D eigenvalue weighted by Gasteiger charge is 2.23. The van der Waals surface area contributed by atoms with E-state index in [-0.39, 0.29) is 12.5 Å². The van der Waals surface area contributed by atoms with Crippen LogP contribution in [0.25, 0.3) is 0 Å². The number of nitrogens with one attached hydrogen (secondary N) is 1. The summed E-state index contributed by atoms with van der Waals surface area (Å²) in [5.74, 6) is -0.224. The molecule has 0 rings (SSSR count). The molecule has 0 radical (unpaired) electrons. The average Bonchev–Trinajstić information content (AvgIpc) is 3.13. The van der Waals surface area contributed by atoms with Gasteiger partial charge in [-0.25, -0.2) is 0 Å². The standard InChI is InChI=1S/C46H87N2O6P/c1-6-8-10-12-14-16-18-20-21-22-23-24-25-26-27-28-29-31-33-35-37-39-45(49)44(43-54-55(51,52)53-42-41-48(3,4)5)47-46(50)40-38-36-34-32-30-19-17-15-13-11-9-7-2/h15,17,25-26,29,31,37,39,44-45,49H,6-14,16,18-24,27-28,30,32-36,38,40-43H2,1-5H3,(H-,47,50,51,52)/b17-15-,26-25+,31-29+,39-37+. The molecule has 2 N–H and O–H groups in total. The molecule has 3 atom stereocenters. The van der Waals surface area contributed by atoms with E-state index in [2.05, 4.69) is 55.6 Å². The minimum Gasteiger partial charge on any atom is -0.756 e. The summed E-state index contributed by atoms with van der Waals surface area (Å²) in [6.45, 7) is 4.57. The summed E-state index contributed by atoms with van der Waals surface area (Å²) in [5.41, 5.74) is 0. The molecule has 0 bridgehead atoms. The maximum absolute atomic E-state index is 12.8. The zero-order valence-corrected chi connectivity index (χ0v) is 37.3. The summed E-state index contributed by atoms with van der Waals surface area (Å²) < 4.78 is 23.1. The quantitative estimate of drug-likeness (QED) is 0.0277. The highest BCUT2D eigenvalue weighted by molar-refractivity contribution is 7.45. The Morgan fingerprint density at radius 1 is 0.618 bits per heavy atom. The summed E-state index contributed by atoms with van der Waals surface area (Å²) in [6, 6.07) is -0.912. The summed E-state index contributed by atoms with van der Waals surface area (Å²) >= 11 is 0. The first kappa shape index (κ1) is 53.5. The lowest BCUT2D eigenvalue weighted by Gasteiger charge is -2.29. The number of hydrogen-bond donors (Lipinski definition) is 2. The minimum absolute atomic E-state index is 0.0117. The number of aliphatic hydroxyl groups excluding tert-OH is 1. The van der Waals surface area contributed by atoms with Crippen molar-refractivity contribution in [3.05, 3.63) is 48.6 Å². The van der Waals surface area contributed by atoms with E-state index in [1.165, 1.54) is 103 Å². The fourth-order valence-corrected chi connectivity index (χ4v) is 6.84. The number of phosphoric ester groups is 1. The lowest BCUT2D eigenvalue weighted by atomic mass is 10.1. The van der Waals surface area contributed by atoms with Crippen LogP contribution >= 0.6 is 7.82 Å². The number of carbonyl (C=O) groups is 1. The lowest BCUT2D eigenvalue weighted by Crippen LogP contribution is -2.45. The second-order valence-electron chi connectivity index (χ2n) is 16.4. The summed E-state index contributed by atoms with van der Waals surface area (Å²) in [7, 11) is 1.22. The van der Waals surface area contributed by atoms with Gasteiger partial charge in [0.05, 0.1) is 39.9 Å². The third-order valence-corrected chi connectivity index (χ3v) is 10.7.